The van der Waals surface area contributed by atoms with E-state index in [-0.39, 0.29) is 18.8 Å². The van der Waals surface area contributed by atoms with E-state index in [9.17, 15) is 9.59 Å². The van der Waals surface area contributed by atoms with Gasteiger partial charge in [-0.3, -0.25) is 10.2 Å². The summed E-state index contributed by atoms with van der Waals surface area (Å²) in [6.07, 6.45) is -0.736. The standard InChI is InChI=1S/C16H19N3O5/c1-4-22-16(21)18-17-15(20)12-7-5-6-8-14(12)23-9-13-10(2)19-24-11(13)3/h5-8H,4,9H2,1-3H3,(H,17,20)(H,18,21). The lowest BCUT2D eigenvalue weighted by molar-refractivity contribution is 0.0908. The van der Waals surface area contributed by atoms with E-state index >= 15 is 0 Å². The lowest BCUT2D eigenvalue weighted by Crippen LogP contribution is -2.42. The second-order valence-corrected chi connectivity index (χ2v) is 4.89. The highest BCUT2D eigenvalue weighted by Crippen LogP contribution is 2.21. The van der Waals surface area contributed by atoms with Crippen LogP contribution in [0.5, 0.6) is 5.75 Å². The molecule has 2 amide bonds. The Kier molecular flexibility index (Phi) is 5.78. The molecular weight excluding hydrogens is 314 g/mol. The van der Waals surface area contributed by atoms with E-state index in [0.717, 1.165) is 11.3 Å². The highest BCUT2D eigenvalue weighted by atomic mass is 16.6. The molecule has 1 aromatic carbocycles. The fraction of sp³-hybridized carbons (Fsp3) is 0.312. The molecule has 24 heavy (non-hydrogen) atoms. The minimum absolute atomic E-state index is 0.207. The van der Waals surface area contributed by atoms with Crippen molar-refractivity contribution >= 4 is 12.0 Å². The van der Waals surface area contributed by atoms with Crippen molar-refractivity contribution in [3.05, 3.63) is 46.8 Å². The summed E-state index contributed by atoms with van der Waals surface area (Å²) in [4.78, 5) is 23.4. The van der Waals surface area contributed by atoms with Crippen LogP contribution in [0.1, 0.15) is 34.3 Å². The molecule has 0 radical (unpaired) electrons. The predicted molar refractivity (Wildman–Crippen MR) is 84.4 cm³/mol. The Balaban J connectivity index is 2.04. The molecule has 0 unspecified atom stereocenters. The maximum absolute atomic E-state index is 12.2. The molecule has 0 aliphatic rings. The van der Waals surface area contributed by atoms with Crippen molar-refractivity contribution in [3.8, 4) is 5.75 Å². The van der Waals surface area contributed by atoms with Crippen LogP contribution in [-0.2, 0) is 11.3 Å². The zero-order valence-corrected chi connectivity index (χ0v) is 13.7. The second-order valence-electron chi connectivity index (χ2n) is 4.89. The van der Waals surface area contributed by atoms with Gasteiger partial charge in [0.25, 0.3) is 5.91 Å². The quantitative estimate of drug-likeness (QED) is 0.814. The summed E-state index contributed by atoms with van der Waals surface area (Å²) in [7, 11) is 0. The SMILES string of the molecule is CCOC(=O)NNC(=O)c1ccccc1OCc1c(C)noc1C. The van der Waals surface area contributed by atoms with Crippen molar-refractivity contribution in [2.75, 3.05) is 6.61 Å². The maximum Gasteiger partial charge on any atom is 0.426 e. The smallest absolute Gasteiger partial charge is 0.426 e. The number of para-hydroxylation sites is 1. The molecule has 128 valence electrons. The van der Waals surface area contributed by atoms with Crippen LogP contribution < -0.4 is 15.6 Å². The Morgan fingerprint density at radius 2 is 1.96 bits per heavy atom. The minimum atomic E-state index is -0.736. The number of nitrogens with one attached hydrogen (secondary N) is 2. The number of hydrogen-bond donors (Lipinski definition) is 2. The van der Waals surface area contributed by atoms with E-state index in [0.29, 0.717) is 11.5 Å². The van der Waals surface area contributed by atoms with Crippen LogP contribution in [0.25, 0.3) is 0 Å². The number of amides is 2. The number of carbonyl (C=O) groups is 2. The third-order valence-electron chi connectivity index (χ3n) is 3.24. The number of aryl methyl sites for hydroxylation is 2. The molecule has 1 aromatic heterocycles. The summed E-state index contributed by atoms with van der Waals surface area (Å²) in [6.45, 7) is 5.70. The number of hydrazine groups is 1. The van der Waals surface area contributed by atoms with Gasteiger partial charge in [-0.25, -0.2) is 10.2 Å². The first-order chi connectivity index (χ1) is 11.5. The van der Waals surface area contributed by atoms with Gasteiger partial charge < -0.3 is 14.0 Å². The molecule has 8 nitrogen and oxygen atoms in total. The summed E-state index contributed by atoms with van der Waals surface area (Å²) in [5.74, 6) is 0.525. The van der Waals surface area contributed by atoms with Crippen molar-refractivity contribution < 1.29 is 23.6 Å². The maximum atomic E-state index is 12.2. The van der Waals surface area contributed by atoms with Gasteiger partial charge in [0.2, 0.25) is 0 Å². The fourth-order valence-corrected chi connectivity index (χ4v) is 1.98. The monoisotopic (exact) mass is 333 g/mol. The number of rotatable bonds is 5. The number of benzene rings is 1. The van der Waals surface area contributed by atoms with Gasteiger partial charge in [-0.1, -0.05) is 17.3 Å². The van der Waals surface area contributed by atoms with Crippen LogP contribution in [0.3, 0.4) is 0 Å². The molecule has 2 aromatic rings. The Morgan fingerprint density at radius 1 is 1.21 bits per heavy atom. The van der Waals surface area contributed by atoms with Crippen molar-refractivity contribution in [3.63, 3.8) is 0 Å². The largest absolute Gasteiger partial charge is 0.488 e. The molecule has 0 aliphatic carbocycles. The van der Waals surface area contributed by atoms with Gasteiger partial charge in [0.15, 0.2) is 0 Å². The summed E-state index contributed by atoms with van der Waals surface area (Å²) < 4.78 is 15.5. The number of ether oxygens (including phenoxy) is 2. The van der Waals surface area contributed by atoms with E-state index in [1.54, 1.807) is 38.1 Å². The number of hydrogen-bond acceptors (Lipinski definition) is 6. The summed E-state index contributed by atoms with van der Waals surface area (Å²) >= 11 is 0. The molecular formula is C16H19N3O5. The number of aromatic nitrogens is 1. The first-order valence-corrected chi connectivity index (χ1v) is 7.39. The van der Waals surface area contributed by atoms with E-state index in [2.05, 4.69) is 20.7 Å². The molecule has 2 rings (SSSR count). The van der Waals surface area contributed by atoms with Gasteiger partial charge in [0.1, 0.15) is 18.1 Å². The average molecular weight is 333 g/mol. The van der Waals surface area contributed by atoms with Crippen LogP contribution in [0.2, 0.25) is 0 Å². The highest BCUT2D eigenvalue weighted by molar-refractivity contribution is 5.97. The molecule has 0 saturated heterocycles. The Morgan fingerprint density at radius 3 is 2.62 bits per heavy atom. The van der Waals surface area contributed by atoms with Crippen molar-refractivity contribution in [1.82, 2.24) is 16.0 Å². The molecule has 0 fully saturated rings. The van der Waals surface area contributed by atoms with Crippen molar-refractivity contribution in [1.29, 1.82) is 0 Å². The van der Waals surface area contributed by atoms with E-state index < -0.39 is 12.0 Å². The van der Waals surface area contributed by atoms with Crippen LogP contribution in [0.15, 0.2) is 28.8 Å². The molecule has 0 saturated carbocycles. The van der Waals surface area contributed by atoms with E-state index in [4.69, 9.17) is 9.26 Å². The normalized spacial score (nSPS) is 10.1. The topological polar surface area (TPSA) is 103 Å². The van der Waals surface area contributed by atoms with Crippen molar-refractivity contribution in [2.45, 2.75) is 27.4 Å². The van der Waals surface area contributed by atoms with Gasteiger partial charge >= 0.3 is 6.09 Å². The van der Waals surface area contributed by atoms with Crippen LogP contribution in [0, 0.1) is 13.8 Å². The third-order valence-corrected chi connectivity index (χ3v) is 3.24. The molecule has 0 bridgehead atoms. The van der Waals surface area contributed by atoms with E-state index in [1.807, 2.05) is 6.92 Å². The lowest BCUT2D eigenvalue weighted by atomic mass is 10.2. The fourth-order valence-electron chi connectivity index (χ4n) is 1.98. The summed E-state index contributed by atoms with van der Waals surface area (Å²) in [5.41, 5.74) is 6.26. The molecule has 0 aliphatic heterocycles. The summed E-state index contributed by atoms with van der Waals surface area (Å²) in [6, 6.07) is 6.70. The van der Waals surface area contributed by atoms with Crippen molar-refractivity contribution in [2.24, 2.45) is 0 Å². The Labute approximate surface area is 139 Å². The predicted octanol–water partition coefficient (Wildman–Crippen LogP) is 2.26. The first kappa shape index (κ1) is 17.3. The molecule has 8 heteroatoms. The molecule has 0 spiro atoms. The zero-order chi connectivity index (χ0) is 17.5. The third kappa shape index (κ3) is 4.25. The number of carbonyl (C=O) groups excluding carboxylic acids is 2. The molecule has 2 N–H and O–H groups in total. The lowest BCUT2D eigenvalue weighted by Gasteiger charge is -2.12. The van der Waals surface area contributed by atoms with Gasteiger partial charge in [0, 0.05) is 0 Å². The molecule has 1 heterocycles. The first-order valence-electron chi connectivity index (χ1n) is 7.39. The minimum Gasteiger partial charge on any atom is -0.488 e. The number of nitrogens with zero attached hydrogens (tertiary/aromatic N) is 1. The molecule has 0 atom stereocenters. The Hall–Kier alpha value is -3.03. The Bertz CT molecular complexity index is 707. The van der Waals surface area contributed by atoms with Gasteiger partial charge in [-0.2, -0.15) is 0 Å². The van der Waals surface area contributed by atoms with Gasteiger partial charge in [-0.15, -0.1) is 0 Å². The van der Waals surface area contributed by atoms with Crippen LogP contribution in [-0.4, -0.2) is 23.8 Å². The average Bonchev–Trinajstić information content (AvgIpc) is 2.89. The zero-order valence-electron chi connectivity index (χ0n) is 13.7. The second kappa shape index (κ2) is 8.00. The van der Waals surface area contributed by atoms with E-state index in [1.165, 1.54) is 0 Å². The van der Waals surface area contributed by atoms with Crippen LogP contribution in [0.4, 0.5) is 4.79 Å². The van der Waals surface area contributed by atoms with Crippen LogP contribution >= 0.6 is 0 Å². The summed E-state index contributed by atoms with van der Waals surface area (Å²) in [5, 5.41) is 3.86. The van der Waals surface area contributed by atoms with Gasteiger partial charge in [-0.05, 0) is 32.9 Å². The van der Waals surface area contributed by atoms with Gasteiger partial charge in [0.05, 0.1) is 23.4 Å². The highest BCUT2D eigenvalue weighted by Gasteiger charge is 2.15.